The van der Waals surface area contributed by atoms with Gasteiger partial charge in [0.2, 0.25) is 0 Å². The third-order valence-electron chi connectivity index (χ3n) is 2.63. The fraction of sp³-hybridized carbons (Fsp3) is 0.364. The van der Waals surface area contributed by atoms with Crippen LogP contribution in [0.2, 0.25) is 0 Å². The number of carboxylic acid groups (broad SMARTS) is 1. The number of aromatic nitrogens is 1. The first-order valence-corrected chi connectivity index (χ1v) is 5.08. The van der Waals surface area contributed by atoms with Crippen molar-refractivity contribution >= 4 is 11.9 Å². The smallest absolute Gasteiger partial charge is 0.303 e. The first-order chi connectivity index (χ1) is 7.66. The molecule has 0 aromatic carbocycles. The first kappa shape index (κ1) is 10.6. The molecule has 0 bridgehead atoms. The Kier molecular flexibility index (Phi) is 2.85. The molecule has 1 aromatic heterocycles. The van der Waals surface area contributed by atoms with Gasteiger partial charge in [0.15, 0.2) is 0 Å². The number of amides is 1. The van der Waals surface area contributed by atoms with Crippen LogP contribution in [0.25, 0.3) is 0 Å². The van der Waals surface area contributed by atoms with Gasteiger partial charge in [0.1, 0.15) is 0 Å². The Morgan fingerprint density at radius 1 is 1.38 bits per heavy atom. The minimum Gasteiger partial charge on any atom is -0.481 e. The molecule has 2 heterocycles. The van der Waals surface area contributed by atoms with Crippen LogP contribution in [0.3, 0.4) is 0 Å². The zero-order valence-electron chi connectivity index (χ0n) is 8.67. The van der Waals surface area contributed by atoms with Gasteiger partial charge < -0.3 is 10.0 Å². The van der Waals surface area contributed by atoms with Crippen molar-refractivity contribution in [1.29, 1.82) is 0 Å². The molecule has 0 saturated carbocycles. The average molecular weight is 220 g/mol. The van der Waals surface area contributed by atoms with E-state index in [1.807, 2.05) is 0 Å². The Morgan fingerprint density at radius 2 is 2.00 bits per heavy atom. The molecule has 16 heavy (non-hydrogen) atoms. The van der Waals surface area contributed by atoms with E-state index in [0.717, 1.165) is 0 Å². The van der Waals surface area contributed by atoms with Crippen LogP contribution in [0.4, 0.5) is 0 Å². The molecular weight excluding hydrogens is 208 g/mol. The van der Waals surface area contributed by atoms with Crippen LogP contribution in [0.15, 0.2) is 24.5 Å². The number of carbonyl (C=O) groups excluding carboxylic acids is 1. The summed E-state index contributed by atoms with van der Waals surface area (Å²) in [6.07, 6.45) is 3.28. The lowest BCUT2D eigenvalue weighted by Crippen LogP contribution is -2.50. The van der Waals surface area contributed by atoms with Crippen LogP contribution in [0, 0.1) is 5.92 Å². The molecule has 1 amide bonds. The van der Waals surface area contributed by atoms with Crippen molar-refractivity contribution in [2.75, 3.05) is 13.1 Å². The Balaban J connectivity index is 1.88. The number of aliphatic carboxylic acids is 1. The number of carboxylic acids is 1. The maximum Gasteiger partial charge on any atom is 0.303 e. The molecule has 0 radical (unpaired) electrons. The average Bonchev–Trinajstić information content (AvgIpc) is 2.23. The first-order valence-electron chi connectivity index (χ1n) is 5.08. The zero-order chi connectivity index (χ0) is 11.5. The van der Waals surface area contributed by atoms with E-state index in [1.54, 1.807) is 29.4 Å². The molecule has 5 nitrogen and oxygen atoms in total. The summed E-state index contributed by atoms with van der Waals surface area (Å²) >= 11 is 0. The SMILES string of the molecule is O=C(O)CC1CN(C(=O)c2ccncc2)C1. The molecule has 1 saturated heterocycles. The highest BCUT2D eigenvalue weighted by Gasteiger charge is 2.32. The predicted octanol–water partition coefficient (Wildman–Crippen LogP) is 0.628. The van der Waals surface area contributed by atoms with Gasteiger partial charge in [-0.15, -0.1) is 0 Å². The number of rotatable bonds is 3. The number of nitrogens with zero attached hydrogens (tertiary/aromatic N) is 2. The molecule has 1 N–H and O–H groups in total. The van der Waals surface area contributed by atoms with E-state index < -0.39 is 5.97 Å². The summed E-state index contributed by atoms with van der Waals surface area (Å²) in [7, 11) is 0. The van der Waals surface area contributed by atoms with Crippen LogP contribution < -0.4 is 0 Å². The summed E-state index contributed by atoms with van der Waals surface area (Å²) < 4.78 is 0. The molecule has 2 rings (SSSR count). The largest absolute Gasteiger partial charge is 0.481 e. The minimum absolute atomic E-state index is 0.0518. The summed E-state index contributed by atoms with van der Waals surface area (Å²) in [4.78, 5) is 27.7. The molecule has 0 unspecified atom stereocenters. The maximum atomic E-state index is 11.8. The maximum absolute atomic E-state index is 11.8. The van der Waals surface area contributed by atoms with E-state index in [1.165, 1.54) is 0 Å². The second-order valence-electron chi connectivity index (χ2n) is 3.91. The Morgan fingerprint density at radius 3 is 2.56 bits per heavy atom. The van der Waals surface area contributed by atoms with Crippen LogP contribution in [0.5, 0.6) is 0 Å². The van der Waals surface area contributed by atoms with Gasteiger partial charge in [0, 0.05) is 37.0 Å². The van der Waals surface area contributed by atoms with E-state index in [2.05, 4.69) is 4.98 Å². The number of carbonyl (C=O) groups is 2. The van der Waals surface area contributed by atoms with Crippen molar-refractivity contribution in [3.8, 4) is 0 Å². The fourth-order valence-corrected chi connectivity index (χ4v) is 1.79. The van der Waals surface area contributed by atoms with Crippen molar-refractivity contribution in [3.63, 3.8) is 0 Å². The normalized spacial score (nSPS) is 15.6. The number of pyridine rings is 1. The molecule has 0 atom stereocenters. The van der Waals surface area contributed by atoms with E-state index in [-0.39, 0.29) is 18.2 Å². The van der Waals surface area contributed by atoms with Gasteiger partial charge in [-0.25, -0.2) is 0 Å². The van der Waals surface area contributed by atoms with Crippen LogP contribution in [-0.2, 0) is 4.79 Å². The van der Waals surface area contributed by atoms with Crippen molar-refractivity contribution in [3.05, 3.63) is 30.1 Å². The lowest BCUT2D eigenvalue weighted by atomic mass is 9.95. The monoisotopic (exact) mass is 220 g/mol. The van der Waals surface area contributed by atoms with E-state index in [0.29, 0.717) is 18.7 Å². The number of likely N-dealkylation sites (tertiary alicyclic amines) is 1. The molecule has 1 aliphatic heterocycles. The standard InChI is InChI=1S/C11H12N2O3/c14-10(15)5-8-6-13(7-8)11(16)9-1-3-12-4-2-9/h1-4,8H,5-7H2,(H,14,15). The molecule has 1 fully saturated rings. The van der Waals surface area contributed by atoms with Crippen LogP contribution in [0.1, 0.15) is 16.8 Å². The summed E-state index contributed by atoms with van der Waals surface area (Å²) in [5.74, 6) is -0.756. The Labute approximate surface area is 92.7 Å². The lowest BCUT2D eigenvalue weighted by Gasteiger charge is -2.38. The molecule has 0 spiro atoms. The molecule has 0 aliphatic carbocycles. The second kappa shape index (κ2) is 4.30. The summed E-state index contributed by atoms with van der Waals surface area (Å²) in [5, 5.41) is 8.58. The topological polar surface area (TPSA) is 70.5 Å². The van der Waals surface area contributed by atoms with Gasteiger partial charge in [0.25, 0.3) is 5.91 Å². The fourth-order valence-electron chi connectivity index (χ4n) is 1.79. The van der Waals surface area contributed by atoms with Gasteiger partial charge in [0.05, 0.1) is 6.42 Å². The quantitative estimate of drug-likeness (QED) is 0.811. The molecule has 1 aromatic rings. The van der Waals surface area contributed by atoms with Gasteiger partial charge in [-0.2, -0.15) is 0 Å². The van der Waals surface area contributed by atoms with Crippen LogP contribution >= 0.6 is 0 Å². The highest BCUT2D eigenvalue weighted by atomic mass is 16.4. The van der Waals surface area contributed by atoms with Crippen LogP contribution in [-0.4, -0.2) is 40.0 Å². The highest BCUT2D eigenvalue weighted by molar-refractivity contribution is 5.94. The third-order valence-corrected chi connectivity index (χ3v) is 2.63. The highest BCUT2D eigenvalue weighted by Crippen LogP contribution is 2.21. The van der Waals surface area contributed by atoms with E-state index in [9.17, 15) is 9.59 Å². The van der Waals surface area contributed by atoms with Crippen molar-refractivity contribution < 1.29 is 14.7 Å². The Hall–Kier alpha value is -1.91. The summed E-state index contributed by atoms with van der Waals surface area (Å²) in [5.41, 5.74) is 0.601. The van der Waals surface area contributed by atoms with Crippen molar-refractivity contribution in [1.82, 2.24) is 9.88 Å². The molecular formula is C11H12N2O3. The van der Waals surface area contributed by atoms with E-state index in [4.69, 9.17) is 5.11 Å². The second-order valence-corrected chi connectivity index (χ2v) is 3.91. The van der Waals surface area contributed by atoms with Gasteiger partial charge in [-0.05, 0) is 12.1 Å². The molecule has 84 valence electrons. The van der Waals surface area contributed by atoms with Crippen molar-refractivity contribution in [2.45, 2.75) is 6.42 Å². The molecule has 5 heteroatoms. The van der Waals surface area contributed by atoms with Gasteiger partial charge in [-0.3, -0.25) is 14.6 Å². The third kappa shape index (κ3) is 2.18. The summed E-state index contributed by atoms with van der Waals surface area (Å²) in [6.45, 7) is 1.07. The predicted molar refractivity (Wildman–Crippen MR) is 55.9 cm³/mol. The van der Waals surface area contributed by atoms with Gasteiger partial charge in [-0.1, -0.05) is 0 Å². The zero-order valence-corrected chi connectivity index (χ0v) is 8.67. The minimum atomic E-state index is -0.805. The number of hydrogen-bond donors (Lipinski definition) is 1. The van der Waals surface area contributed by atoms with Crippen molar-refractivity contribution in [2.24, 2.45) is 5.92 Å². The lowest BCUT2D eigenvalue weighted by molar-refractivity contribution is -0.139. The Bertz CT molecular complexity index is 399. The number of hydrogen-bond acceptors (Lipinski definition) is 3. The molecule has 1 aliphatic rings. The summed E-state index contributed by atoms with van der Waals surface area (Å²) in [6, 6.07) is 3.32. The van der Waals surface area contributed by atoms with Gasteiger partial charge >= 0.3 is 5.97 Å². The van der Waals surface area contributed by atoms with E-state index >= 15 is 0 Å².